The third kappa shape index (κ3) is 13.3. The molecule has 14 heteroatoms. The van der Waals surface area contributed by atoms with Crippen LogP contribution in [0.15, 0.2) is 0 Å². The first-order valence-electron chi connectivity index (χ1n) is 13.3. The molecule has 218 valence electrons. The summed E-state index contributed by atoms with van der Waals surface area (Å²) in [6, 6.07) is 0. The van der Waals surface area contributed by atoms with E-state index >= 15 is 0 Å². The summed E-state index contributed by atoms with van der Waals surface area (Å²) in [6.07, 6.45) is 7.52. The molecule has 3 heterocycles. The molecule has 3 fully saturated rings. The Morgan fingerprint density at radius 2 is 1.29 bits per heavy atom. The lowest BCUT2D eigenvalue weighted by Crippen LogP contribution is -2.68. The molecule has 3 saturated heterocycles. The maximum Gasteiger partial charge on any atom is 0.222 e. The van der Waals surface area contributed by atoms with Crippen molar-refractivity contribution in [2.75, 3.05) is 112 Å². The number of amides is 1. The van der Waals surface area contributed by atoms with Gasteiger partial charge in [0.25, 0.3) is 0 Å². The van der Waals surface area contributed by atoms with Crippen molar-refractivity contribution >= 4 is 23.2 Å². The maximum atomic E-state index is 12.6. The maximum absolute atomic E-state index is 12.6. The largest absolute Gasteiger partial charge is 0.444 e. The van der Waals surface area contributed by atoms with Crippen LogP contribution in [0.2, 0.25) is 0 Å². The Balaban J connectivity index is 2.03. The molecule has 9 N–H and O–H groups in total. The Labute approximate surface area is 232 Å². The van der Waals surface area contributed by atoms with Crippen molar-refractivity contribution in [2.45, 2.75) is 17.5 Å². The minimum Gasteiger partial charge on any atom is -0.444 e. The van der Waals surface area contributed by atoms with Crippen LogP contribution in [-0.4, -0.2) is 134 Å². The Hall–Kier alpha value is -1.80. The molecule has 38 heavy (non-hydrogen) atoms. The molecule has 3 aliphatic rings. The molecule has 0 saturated carbocycles. The molecule has 0 aromatic heterocycles. The number of terminal acetylenes is 1. The van der Waals surface area contributed by atoms with E-state index < -0.39 is 5.54 Å². The minimum atomic E-state index is -0.461. The summed E-state index contributed by atoms with van der Waals surface area (Å²) in [5.74, 6) is -0.0133. The van der Waals surface area contributed by atoms with Gasteiger partial charge in [-0.15, -0.1) is 0 Å². The van der Waals surface area contributed by atoms with E-state index in [9.17, 15) is 4.79 Å². The number of hydrogen-bond acceptors (Lipinski definition) is 11. The number of hydrogen-bond donors (Lipinski definition) is 9. The standard InChI is InChI=1S/C24H47N9O4S/c1-3-36-12-13-37-20-31-22(38)33-24-17-28-8-5-25-14-23(15-26-6-9-29-18-24,16-27-7-10-30-19-24)32-21(34)4-11-35-2/h1,25-30H,4-20H2,2H3,(H,32,34)(H2,31,33,38). The first kappa shape index (κ1) is 32.4. The Morgan fingerprint density at radius 1 is 0.816 bits per heavy atom. The number of methoxy groups -OCH3 is 1. The summed E-state index contributed by atoms with van der Waals surface area (Å²) < 4.78 is 15.4. The zero-order chi connectivity index (χ0) is 27.4. The smallest absolute Gasteiger partial charge is 0.222 e. The Bertz CT molecular complexity index is 682. The lowest BCUT2D eigenvalue weighted by atomic mass is 9.97. The normalized spacial score (nSPS) is 25.8. The van der Waals surface area contributed by atoms with Crippen LogP contribution >= 0.6 is 12.2 Å². The zero-order valence-corrected chi connectivity index (χ0v) is 23.5. The van der Waals surface area contributed by atoms with Crippen LogP contribution in [0.3, 0.4) is 0 Å². The van der Waals surface area contributed by atoms with E-state index in [0.29, 0.717) is 70.6 Å². The molecule has 3 aliphatic heterocycles. The van der Waals surface area contributed by atoms with Crippen LogP contribution in [0.5, 0.6) is 0 Å². The van der Waals surface area contributed by atoms with Crippen LogP contribution in [0.1, 0.15) is 6.42 Å². The number of carbonyl (C=O) groups excluding carboxylic acids is 1. The molecule has 0 atom stereocenters. The second kappa shape index (κ2) is 19.3. The highest BCUT2D eigenvalue weighted by atomic mass is 32.1. The van der Waals surface area contributed by atoms with Crippen LogP contribution in [-0.2, 0) is 19.0 Å². The molecule has 0 radical (unpaired) electrons. The van der Waals surface area contributed by atoms with Crippen LogP contribution in [0.25, 0.3) is 0 Å². The number of ether oxygens (including phenoxy) is 3. The van der Waals surface area contributed by atoms with Gasteiger partial charge in [-0.1, -0.05) is 6.42 Å². The molecular formula is C24H47N9O4S. The fraction of sp³-hybridized carbons (Fsp3) is 0.833. The molecular weight excluding hydrogens is 510 g/mol. The highest BCUT2D eigenvalue weighted by Gasteiger charge is 2.33. The van der Waals surface area contributed by atoms with Crippen molar-refractivity contribution in [2.24, 2.45) is 0 Å². The third-order valence-corrected chi connectivity index (χ3v) is 6.53. The van der Waals surface area contributed by atoms with Gasteiger partial charge in [0.1, 0.15) is 19.4 Å². The van der Waals surface area contributed by atoms with Gasteiger partial charge >= 0.3 is 0 Å². The number of rotatable bonds is 10. The van der Waals surface area contributed by atoms with Crippen molar-refractivity contribution in [3.63, 3.8) is 0 Å². The lowest BCUT2D eigenvalue weighted by molar-refractivity contribution is -0.123. The van der Waals surface area contributed by atoms with Gasteiger partial charge in [0.2, 0.25) is 5.91 Å². The first-order chi connectivity index (χ1) is 18.5. The summed E-state index contributed by atoms with van der Waals surface area (Å²) in [7, 11) is 1.61. The van der Waals surface area contributed by atoms with E-state index in [4.69, 9.17) is 32.9 Å². The number of nitrogens with one attached hydrogen (secondary N) is 9. The topological polar surface area (TPSA) is 153 Å². The van der Waals surface area contributed by atoms with Gasteiger partial charge in [0, 0.05) is 92.1 Å². The van der Waals surface area contributed by atoms with E-state index in [2.05, 4.69) is 54.0 Å². The van der Waals surface area contributed by atoms with Crippen molar-refractivity contribution in [1.29, 1.82) is 0 Å². The molecule has 0 spiro atoms. The fourth-order valence-electron chi connectivity index (χ4n) is 4.32. The molecule has 3 rings (SSSR count). The predicted octanol–water partition coefficient (Wildman–Crippen LogP) is -3.77. The fourth-order valence-corrected chi connectivity index (χ4v) is 4.60. The highest BCUT2D eigenvalue weighted by Crippen LogP contribution is 2.06. The van der Waals surface area contributed by atoms with Crippen molar-refractivity contribution in [1.82, 2.24) is 47.9 Å². The first-order valence-corrected chi connectivity index (χ1v) is 13.7. The van der Waals surface area contributed by atoms with E-state index in [-0.39, 0.29) is 18.2 Å². The Kier molecular flexibility index (Phi) is 16.5. The van der Waals surface area contributed by atoms with Crippen molar-refractivity contribution < 1.29 is 19.0 Å². The number of fused-ring (bicyclic) bond motifs is 15. The van der Waals surface area contributed by atoms with Gasteiger partial charge < -0.3 is 62.1 Å². The molecule has 1 amide bonds. The van der Waals surface area contributed by atoms with Gasteiger partial charge in [0.05, 0.1) is 24.3 Å². The van der Waals surface area contributed by atoms with E-state index in [1.54, 1.807) is 7.11 Å². The summed E-state index contributed by atoms with van der Waals surface area (Å²) in [4.78, 5) is 12.6. The average molecular weight is 558 g/mol. The molecule has 0 aromatic rings. The van der Waals surface area contributed by atoms with Gasteiger partial charge in [-0.2, -0.15) is 0 Å². The summed E-state index contributed by atoms with van der Waals surface area (Å²) in [6.45, 7) is 9.88. The molecule has 0 aromatic carbocycles. The molecule has 13 nitrogen and oxygen atoms in total. The van der Waals surface area contributed by atoms with Crippen LogP contribution < -0.4 is 47.9 Å². The molecule has 2 bridgehead atoms. The van der Waals surface area contributed by atoms with Gasteiger partial charge in [-0.25, -0.2) is 0 Å². The highest BCUT2D eigenvalue weighted by molar-refractivity contribution is 7.80. The summed E-state index contributed by atoms with van der Waals surface area (Å²) in [5, 5.41) is 31.7. The third-order valence-electron chi connectivity index (χ3n) is 6.28. The average Bonchev–Trinajstić information content (AvgIpc) is 2.90. The van der Waals surface area contributed by atoms with E-state index in [1.165, 1.54) is 0 Å². The zero-order valence-electron chi connectivity index (χ0n) is 22.6. The minimum absolute atomic E-state index is 0.0133. The van der Waals surface area contributed by atoms with E-state index in [1.807, 2.05) is 0 Å². The second-order valence-corrected chi connectivity index (χ2v) is 9.97. The second-order valence-electron chi connectivity index (χ2n) is 9.56. The van der Waals surface area contributed by atoms with Crippen LogP contribution in [0, 0.1) is 12.5 Å². The number of thiocarbonyl (C=S) groups is 1. The molecule has 0 aliphatic carbocycles. The lowest BCUT2D eigenvalue weighted by Gasteiger charge is -2.39. The van der Waals surface area contributed by atoms with Gasteiger partial charge in [-0.05, 0) is 12.2 Å². The van der Waals surface area contributed by atoms with E-state index in [0.717, 1.165) is 39.3 Å². The summed E-state index contributed by atoms with van der Waals surface area (Å²) >= 11 is 5.59. The SMILES string of the molecule is C#COCCOCNC(=S)NC12CNCCNCC(NC(=O)CCOC)(CNCCNC1)CNCCNC2. The van der Waals surface area contributed by atoms with Gasteiger partial charge in [0.15, 0.2) is 5.11 Å². The predicted molar refractivity (Wildman–Crippen MR) is 152 cm³/mol. The quantitative estimate of drug-likeness (QED) is 0.0560. The molecule has 0 unspecified atom stereocenters. The van der Waals surface area contributed by atoms with Crippen LogP contribution in [0.4, 0.5) is 0 Å². The number of carbonyl (C=O) groups is 1. The summed E-state index contributed by atoms with van der Waals surface area (Å²) in [5.41, 5.74) is -0.832. The van der Waals surface area contributed by atoms with Crippen molar-refractivity contribution in [3.8, 4) is 12.5 Å². The monoisotopic (exact) mass is 557 g/mol. The van der Waals surface area contributed by atoms with Crippen molar-refractivity contribution in [3.05, 3.63) is 0 Å². The van der Waals surface area contributed by atoms with Gasteiger partial charge in [-0.3, -0.25) is 4.79 Å². The Morgan fingerprint density at radius 3 is 1.74 bits per heavy atom.